The zero-order valence-electron chi connectivity index (χ0n) is 2.00. The fraction of sp³-hybridized carbons (Fsp3) is 0. The molecule has 0 aliphatic rings. The van der Waals surface area contributed by atoms with Crippen LogP contribution in [-0.2, 0) is 27.6 Å². The Bertz CT molecular complexity index is 222. The molecule has 0 aliphatic heterocycles. The molecule has 0 bridgehead atoms. The molecule has 5 heavy (non-hydrogen) atoms. The molecule has 0 spiro atoms. The Morgan fingerprint density at radius 2 is 1.00 bits per heavy atom. The molecular formula is CuFeP3. The Hall–Kier alpha value is 2.33. The molecule has 0 heterocycles. The van der Waals surface area contributed by atoms with Crippen LogP contribution in [0, 0.1) is 0 Å². The second-order valence-corrected chi connectivity index (χ2v) is 7.87. The molecule has 34 valence electrons. The van der Waals surface area contributed by atoms with Gasteiger partial charge in [-0.15, -0.1) is 0 Å². The molecule has 0 saturated heterocycles. The summed E-state index contributed by atoms with van der Waals surface area (Å²) in [5, 5.41) is 0. The first-order valence-electron chi connectivity index (χ1n) is 0.474. The van der Waals surface area contributed by atoms with Crippen molar-refractivity contribution in [1.82, 2.24) is 0 Å². The van der Waals surface area contributed by atoms with Crippen LogP contribution in [0.2, 0.25) is 0 Å². The van der Waals surface area contributed by atoms with Gasteiger partial charge in [0.05, 0.1) is 0 Å². The van der Waals surface area contributed by atoms with Gasteiger partial charge < -0.3 is 0 Å². The van der Waals surface area contributed by atoms with Crippen molar-refractivity contribution in [3.05, 3.63) is 0 Å². The molecule has 1 radical (unpaired) electrons. The summed E-state index contributed by atoms with van der Waals surface area (Å²) in [6.45, 7) is 0. The molecule has 0 nitrogen and oxygen atoms in total. The normalized spacial score (nSPS) is 4.20. The van der Waals surface area contributed by atoms with E-state index in [-0.39, 0.29) is 17.1 Å². The molecule has 0 saturated carbocycles. The van der Waals surface area contributed by atoms with Gasteiger partial charge in [0.25, 0.3) is 0 Å². The van der Waals surface area contributed by atoms with Crippen LogP contribution in [0.15, 0.2) is 0 Å². The summed E-state index contributed by atoms with van der Waals surface area (Å²) in [5.74, 6) is 0. The van der Waals surface area contributed by atoms with Gasteiger partial charge in [0, 0.05) is 17.1 Å². The molecule has 0 amide bonds. The van der Waals surface area contributed by atoms with E-state index in [9.17, 15) is 0 Å². The molecule has 0 unspecified atom stereocenters. The molecule has 0 rings (SSSR count). The average molecular weight is 212 g/mol. The summed E-state index contributed by atoms with van der Waals surface area (Å²) in [7, 11) is 10.7. The summed E-state index contributed by atoms with van der Waals surface area (Å²) in [5.41, 5.74) is 0. The molecule has 0 N–H and O–H groups in total. The van der Waals surface area contributed by atoms with Crippen molar-refractivity contribution in [3.63, 3.8) is 0 Å². The van der Waals surface area contributed by atoms with Crippen molar-refractivity contribution in [1.29, 1.82) is 0 Å². The first-order valence-corrected chi connectivity index (χ1v) is 5.87. The van der Waals surface area contributed by atoms with Crippen molar-refractivity contribution < 1.29 is 27.6 Å². The quantitative estimate of drug-likeness (QED) is 0.427. The standard InChI is InChI=1S/Cu.Fe.3P. The van der Waals surface area contributed by atoms with E-state index in [1.807, 2.05) is 0 Å². The Labute approximate surface area is 49.4 Å². The Morgan fingerprint density at radius 3 is 1.00 bits per heavy atom. The molecule has 0 aromatic heterocycles. The van der Waals surface area contributed by atoms with E-state index in [2.05, 4.69) is 21.8 Å². The van der Waals surface area contributed by atoms with Crippen molar-refractivity contribution >= 4 is 21.8 Å². The average Bonchev–Trinajstić information content (AvgIpc) is 0.811. The van der Waals surface area contributed by atoms with Crippen LogP contribution in [0.3, 0.4) is 0 Å². The van der Waals surface area contributed by atoms with Gasteiger partial charge in [-0.2, -0.15) is 0 Å². The fourth-order valence-corrected chi connectivity index (χ4v) is 0. The first-order chi connectivity index (χ1) is 1.73. The zero-order valence-corrected chi connectivity index (χ0v) is 6.73. The van der Waals surface area contributed by atoms with Crippen LogP contribution in [0.1, 0.15) is 0 Å². The third-order valence-electron chi connectivity index (χ3n) is 0. The van der Waals surface area contributed by atoms with Crippen molar-refractivity contribution in [2.45, 2.75) is 0 Å². The topological polar surface area (TPSA) is 0 Å². The SMILES string of the molecule is [Cu].[P]#[Fe](#[P])#[P]. The predicted octanol–water partition coefficient (Wildman–Crippen LogP) is 2.58. The van der Waals surface area contributed by atoms with Gasteiger partial charge in [-0.1, -0.05) is 0 Å². The second kappa shape index (κ2) is 6.33. The molecule has 0 aromatic rings. The van der Waals surface area contributed by atoms with Crippen molar-refractivity contribution in [2.75, 3.05) is 0 Å². The van der Waals surface area contributed by atoms with E-state index in [0.717, 1.165) is 0 Å². The van der Waals surface area contributed by atoms with Crippen molar-refractivity contribution in [3.8, 4) is 0 Å². The fourth-order valence-electron chi connectivity index (χ4n) is 0. The van der Waals surface area contributed by atoms with E-state index in [4.69, 9.17) is 0 Å². The summed E-state index contributed by atoms with van der Waals surface area (Å²) < 4.78 is 0. The van der Waals surface area contributed by atoms with Gasteiger partial charge in [0.15, 0.2) is 0 Å². The predicted molar refractivity (Wildman–Crippen MR) is 20.8 cm³/mol. The molecule has 0 fully saturated rings. The number of hydrogen-bond donors (Lipinski definition) is 0. The summed E-state index contributed by atoms with van der Waals surface area (Å²) in [4.78, 5) is 0. The van der Waals surface area contributed by atoms with Crippen molar-refractivity contribution in [2.24, 2.45) is 0 Å². The molecule has 0 atom stereocenters. The summed E-state index contributed by atoms with van der Waals surface area (Å²) >= 11 is 0. The Morgan fingerprint density at radius 1 is 1.00 bits per heavy atom. The number of hydrogen-bond acceptors (Lipinski definition) is 0. The maximum atomic E-state index is 3.78. The van der Waals surface area contributed by atoms with Gasteiger partial charge >= 0.3 is 32.3 Å². The third-order valence-corrected chi connectivity index (χ3v) is 0. The van der Waals surface area contributed by atoms with Gasteiger partial charge in [0.2, 0.25) is 0 Å². The van der Waals surface area contributed by atoms with E-state index >= 15 is 0 Å². The minimum atomic E-state index is -0.667. The second-order valence-electron chi connectivity index (χ2n) is 0.212. The van der Waals surface area contributed by atoms with Crippen LogP contribution in [-0.4, -0.2) is 0 Å². The van der Waals surface area contributed by atoms with Crippen LogP contribution in [0.25, 0.3) is 0 Å². The van der Waals surface area contributed by atoms with Gasteiger partial charge in [-0.25, -0.2) is 0 Å². The first kappa shape index (κ1) is 10.3. The van der Waals surface area contributed by atoms with E-state index in [1.165, 1.54) is 0 Å². The summed E-state index contributed by atoms with van der Waals surface area (Å²) in [6.07, 6.45) is 0. The maximum absolute atomic E-state index is 3.78. The minimum absolute atomic E-state index is 0. The van der Waals surface area contributed by atoms with E-state index in [0.29, 0.717) is 0 Å². The van der Waals surface area contributed by atoms with E-state index < -0.39 is 10.5 Å². The van der Waals surface area contributed by atoms with Crippen LogP contribution in [0.4, 0.5) is 0 Å². The van der Waals surface area contributed by atoms with Crippen LogP contribution >= 0.6 is 21.8 Å². The monoisotopic (exact) mass is 212 g/mol. The van der Waals surface area contributed by atoms with Crippen LogP contribution < -0.4 is 0 Å². The molecule has 5 heteroatoms. The molecular weight excluding hydrogens is 212 g/mol. The zero-order chi connectivity index (χ0) is 3.58. The molecule has 0 aliphatic carbocycles. The van der Waals surface area contributed by atoms with Gasteiger partial charge in [0.1, 0.15) is 0 Å². The van der Waals surface area contributed by atoms with E-state index in [1.54, 1.807) is 0 Å². The number of rotatable bonds is 0. The Balaban J connectivity index is 0. The Kier molecular flexibility index (Phi) is 13.1. The molecule has 0 aromatic carbocycles. The van der Waals surface area contributed by atoms with Crippen LogP contribution in [0.5, 0.6) is 0 Å². The third kappa shape index (κ3) is 21.9. The van der Waals surface area contributed by atoms with Gasteiger partial charge in [-0.3, -0.25) is 0 Å². The summed E-state index contributed by atoms with van der Waals surface area (Å²) in [6, 6.07) is 0. The van der Waals surface area contributed by atoms with Gasteiger partial charge in [-0.05, 0) is 0 Å².